The molecule has 0 bridgehead atoms. The molecule has 1 radical (unpaired) electrons. The highest BCUT2D eigenvalue weighted by molar-refractivity contribution is 4.78. The van der Waals surface area contributed by atoms with Gasteiger partial charge in [0.25, 0.3) is 0 Å². The van der Waals surface area contributed by atoms with Crippen molar-refractivity contribution in [2.24, 2.45) is 0 Å². The molecule has 2 heteroatoms. The topological polar surface area (TPSA) is 6.48 Å². The highest BCUT2D eigenvalue weighted by atomic mass is 15.2. The number of nitrogens with zero attached hydrogens (tertiary/aromatic N) is 2. The van der Waals surface area contributed by atoms with Crippen LogP contribution in [0.5, 0.6) is 0 Å². The molecule has 2 rings (SSSR count). The number of hydrogen-bond acceptors (Lipinski definition) is 2. The van der Waals surface area contributed by atoms with Crippen molar-refractivity contribution in [3.05, 3.63) is 6.92 Å². The molecule has 2 heterocycles. The Balaban J connectivity index is 1.69. The zero-order chi connectivity index (χ0) is 11.2. The maximum Gasteiger partial charge on any atom is 0.0107 e. The predicted molar refractivity (Wildman–Crippen MR) is 69.5 cm³/mol. The lowest BCUT2D eigenvalue weighted by Gasteiger charge is -2.31. The molecule has 16 heavy (non-hydrogen) atoms. The van der Waals surface area contributed by atoms with Gasteiger partial charge < -0.3 is 9.80 Å². The summed E-state index contributed by atoms with van der Waals surface area (Å²) >= 11 is 0. The summed E-state index contributed by atoms with van der Waals surface area (Å²) in [6, 6.07) is 0.754. The molecule has 1 atom stereocenters. The van der Waals surface area contributed by atoms with Gasteiger partial charge in [-0.25, -0.2) is 0 Å². The molecule has 1 unspecified atom stereocenters. The Hall–Kier alpha value is -0.0800. The minimum atomic E-state index is 0.754. The van der Waals surface area contributed by atoms with Crippen LogP contribution in [0.1, 0.15) is 44.9 Å². The van der Waals surface area contributed by atoms with Crippen molar-refractivity contribution in [1.29, 1.82) is 0 Å². The average Bonchev–Trinajstić information content (AvgIpc) is 2.85. The van der Waals surface area contributed by atoms with Crippen LogP contribution in [0.15, 0.2) is 0 Å². The number of likely N-dealkylation sites (tertiary alicyclic amines) is 2. The van der Waals surface area contributed by atoms with Crippen LogP contribution in [0.2, 0.25) is 0 Å². The molecule has 0 aromatic heterocycles. The van der Waals surface area contributed by atoms with Gasteiger partial charge in [0.1, 0.15) is 0 Å². The molecule has 2 aliphatic heterocycles. The Morgan fingerprint density at radius 3 is 2.12 bits per heavy atom. The smallest absolute Gasteiger partial charge is 0.0107 e. The molecule has 0 aliphatic carbocycles. The molecule has 0 N–H and O–H groups in total. The molecule has 2 nitrogen and oxygen atoms in total. The zero-order valence-corrected chi connectivity index (χ0v) is 10.7. The van der Waals surface area contributed by atoms with E-state index in [1.807, 2.05) is 0 Å². The van der Waals surface area contributed by atoms with Crippen molar-refractivity contribution in [2.75, 3.05) is 32.7 Å². The Bertz CT molecular complexity index is 181. The lowest BCUT2D eigenvalue weighted by molar-refractivity contribution is 0.175. The quantitative estimate of drug-likeness (QED) is 0.707. The first kappa shape index (κ1) is 12.4. The SMILES string of the molecule is [CH2]CC(CCN1CCCCC1)N1CCCC1. The maximum atomic E-state index is 4.13. The van der Waals surface area contributed by atoms with E-state index in [-0.39, 0.29) is 0 Å². The van der Waals surface area contributed by atoms with E-state index in [2.05, 4.69) is 16.7 Å². The Morgan fingerprint density at radius 2 is 1.50 bits per heavy atom. The summed E-state index contributed by atoms with van der Waals surface area (Å²) in [5, 5.41) is 0. The van der Waals surface area contributed by atoms with Gasteiger partial charge in [-0.1, -0.05) is 13.3 Å². The molecular weight excluding hydrogens is 196 g/mol. The zero-order valence-electron chi connectivity index (χ0n) is 10.7. The first-order chi connectivity index (χ1) is 7.90. The van der Waals surface area contributed by atoms with Crippen LogP contribution in [0.4, 0.5) is 0 Å². The Labute approximate surface area is 101 Å². The van der Waals surface area contributed by atoms with E-state index in [1.165, 1.54) is 71.2 Å². The van der Waals surface area contributed by atoms with Crippen molar-refractivity contribution >= 4 is 0 Å². The van der Waals surface area contributed by atoms with Crippen molar-refractivity contribution in [1.82, 2.24) is 9.80 Å². The van der Waals surface area contributed by atoms with E-state index in [9.17, 15) is 0 Å². The van der Waals surface area contributed by atoms with Crippen molar-refractivity contribution in [3.8, 4) is 0 Å². The second-order valence-corrected chi connectivity index (χ2v) is 5.38. The van der Waals surface area contributed by atoms with E-state index in [1.54, 1.807) is 0 Å². The van der Waals surface area contributed by atoms with Gasteiger partial charge in [-0.2, -0.15) is 0 Å². The summed E-state index contributed by atoms with van der Waals surface area (Å²) in [6.07, 6.45) is 9.51. The molecule has 0 spiro atoms. The van der Waals surface area contributed by atoms with Gasteiger partial charge in [-0.05, 0) is 71.2 Å². The van der Waals surface area contributed by atoms with Crippen LogP contribution in [0.25, 0.3) is 0 Å². The molecule has 0 amide bonds. The fraction of sp³-hybridized carbons (Fsp3) is 0.929. The third kappa shape index (κ3) is 3.46. The molecule has 0 saturated carbocycles. The fourth-order valence-corrected chi connectivity index (χ4v) is 3.13. The van der Waals surface area contributed by atoms with Gasteiger partial charge in [0.05, 0.1) is 0 Å². The second kappa shape index (κ2) is 6.61. The highest BCUT2D eigenvalue weighted by Crippen LogP contribution is 2.18. The summed E-state index contributed by atoms with van der Waals surface area (Å²) in [5.74, 6) is 0. The van der Waals surface area contributed by atoms with E-state index in [0.29, 0.717) is 0 Å². The monoisotopic (exact) mass is 223 g/mol. The Morgan fingerprint density at radius 1 is 0.875 bits per heavy atom. The van der Waals surface area contributed by atoms with E-state index in [0.717, 1.165) is 12.5 Å². The van der Waals surface area contributed by atoms with Gasteiger partial charge in [0.2, 0.25) is 0 Å². The third-order valence-electron chi connectivity index (χ3n) is 4.22. The summed E-state index contributed by atoms with van der Waals surface area (Å²) in [6.45, 7) is 10.8. The van der Waals surface area contributed by atoms with Crippen molar-refractivity contribution < 1.29 is 0 Å². The first-order valence-electron chi connectivity index (χ1n) is 7.16. The molecule has 2 fully saturated rings. The van der Waals surface area contributed by atoms with Gasteiger partial charge in [-0.3, -0.25) is 0 Å². The lowest BCUT2D eigenvalue weighted by Crippen LogP contribution is -2.37. The van der Waals surface area contributed by atoms with Crippen molar-refractivity contribution in [2.45, 2.75) is 51.0 Å². The maximum absolute atomic E-state index is 4.13. The van der Waals surface area contributed by atoms with Crippen LogP contribution < -0.4 is 0 Å². The standard InChI is InChI=1S/C14H27N2/c1-2-14(16-11-6-7-12-16)8-13-15-9-4-3-5-10-15/h14H,1-13H2. The normalized spacial score (nSPS) is 26.1. The highest BCUT2D eigenvalue weighted by Gasteiger charge is 2.21. The van der Waals surface area contributed by atoms with Crippen molar-refractivity contribution in [3.63, 3.8) is 0 Å². The molecule has 0 aromatic rings. The van der Waals surface area contributed by atoms with Gasteiger partial charge in [0, 0.05) is 6.04 Å². The summed E-state index contributed by atoms with van der Waals surface area (Å²) in [4.78, 5) is 5.32. The second-order valence-electron chi connectivity index (χ2n) is 5.38. The third-order valence-corrected chi connectivity index (χ3v) is 4.22. The van der Waals surface area contributed by atoms with E-state index in [4.69, 9.17) is 0 Å². The minimum absolute atomic E-state index is 0.754. The van der Waals surface area contributed by atoms with Gasteiger partial charge in [0.15, 0.2) is 0 Å². The molecule has 2 aliphatic rings. The average molecular weight is 223 g/mol. The molecule has 93 valence electrons. The summed E-state index contributed by atoms with van der Waals surface area (Å²) in [7, 11) is 0. The largest absolute Gasteiger partial charge is 0.303 e. The van der Waals surface area contributed by atoms with Gasteiger partial charge >= 0.3 is 0 Å². The van der Waals surface area contributed by atoms with Crippen LogP contribution >= 0.6 is 0 Å². The predicted octanol–water partition coefficient (Wildman–Crippen LogP) is 2.55. The molecular formula is C14H27N2. The molecule has 2 saturated heterocycles. The van der Waals surface area contributed by atoms with E-state index < -0.39 is 0 Å². The van der Waals surface area contributed by atoms with Crippen LogP contribution in [-0.2, 0) is 0 Å². The van der Waals surface area contributed by atoms with Crippen LogP contribution in [0, 0.1) is 6.92 Å². The minimum Gasteiger partial charge on any atom is -0.303 e. The number of rotatable bonds is 5. The lowest BCUT2D eigenvalue weighted by atomic mass is 10.1. The molecule has 0 aromatic carbocycles. The van der Waals surface area contributed by atoms with Gasteiger partial charge in [-0.15, -0.1) is 0 Å². The fourth-order valence-electron chi connectivity index (χ4n) is 3.13. The number of piperidine rings is 1. The number of hydrogen-bond donors (Lipinski definition) is 0. The van der Waals surface area contributed by atoms with Crippen LogP contribution in [-0.4, -0.2) is 48.6 Å². The Kier molecular flexibility index (Phi) is 5.11. The summed E-state index contributed by atoms with van der Waals surface area (Å²) in [5.41, 5.74) is 0. The van der Waals surface area contributed by atoms with Crippen LogP contribution in [0.3, 0.4) is 0 Å². The summed E-state index contributed by atoms with van der Waals surface area (Å²) < 4.78 is 0. The first-order valence-corrected chi connectivity index (χ1v) is 7.16. The van der Waals surface area contributed by atoms with E-state index >= 15 is 0 Å².